The van der Waals surface area contributed by atoms with Crippen LogP contribution in [0.1, 0.15) is 18.4 Å². The molecule has 1 aliphatic rings. The van der Waals surface area contributed by atoms with Crippen molar-refractivity contribution in [3.05, 3.63) is 42.0 Å². The molecule has 0 unspecified atom stereocenters. The average Bonchev–Trinajstić information content (AvgIpc) is 2.98. The highest BCUT2D eigenvalue weighted by atomic mass is 16.5. The molecule has 19 heavy (non-hydrogen) atoms. The summed E-state index contributed by atoms with van der Waals surface area (Å²) in [6.45, 7) is 3.72. The van der Waals surface area contributed by atoms with Gasteiger partial charge in [0.1, 0.15) is 5.75 Å². The molecule has 0 radical (unpaired) electrons. The summed E-state index contributed by atoms with van der Waals surface area (Å²) >= 11 is 0. The molecule has 100 valence electrons. The lowest BCUT2D eigenvalue weighted by atomic mass is 10.0. The molecule has 0 amide bonds. The molecule has 0 aromatic heterocycles. The maximum Gasteiger partial charge on any atom is 0.126 e. The van der Waals surface area contributed by atoms with Crippen molar-refractivity contribution in [3.8, 4) is 5.75 Å². The SMILES string of the molecule is COc1ccc(CCN2CCCC2)c2ccccc12. The minimum absolute atomic E-state index is 0.973. The molecule has 0 saturated carbocycles. The molecule has 3 rings (SSSR count). The van der Waals surface area contributed by atoms with Gasteiger partial charge in [-0.3, -0.25) is 0 Å². The van der Waals surface area contributed by atoms with E-state index in [1.807, 2.05) is 0 Å². The zero-order valence-electron chi connectivity index (χ0n) is 11.6. The van der Waals surface area contributed by atoms with E-state index in [2.05, 4.69) is 41.3 Å². The molecule has 1 heterocycles. The van der Waals surface area contributed by atoms with Crippen LogP contribution in [-0.2, 0) is 6.42 Å². The van der Waals surface area contributed by atoms with Crippen LogP contribution < -0.4 is 4.74 Å². The third-order valence-corrected chi connectivity index (χ3v) is 4.09. The van der Waals surface area contributed by atoms with Crippen molar-refractivity contribution in [3.63, 3.8) is 0 Å². The molecule has 0 aliphatic carbocycles. The highest BCUT2D eigenvalue weighted by Crippen LogP contribution is 2.28. The minimum Gasteiger partial charge on any atom is -0.496 e. The summed E-state index contributed by atoms with van der Waals surface area (Å²) in [6, 6.07) is 12.9. The molecule has 2 aromatic carbocycles. The minimum atomic E-state index is 0.973. The van der Waals surface area contributed by atoms with Gasteiger partial charge in [-0.2, -0.15) is 0 Å². The van der Waals surface area contributed by atoms with Crippen molar-refractivity contribution in [1.82, 2.24) is 4.90 Å². The van der Waals surface area contributed by atoms with Gasteiger partial charge in [-0.05, 0) is 49.4 Å². The first kappa shape index (κ1) is 12.5. The number of hydrogen-bond acceptors (Lipinski definition) is 2. The Kier molecular flexibility index (Phi) is 3.69. The molecular weight excluding hydrogens is 234 g/mol. The maximum atomic E-state index is 5.45. The largest absolute Gasteiger partial charge is 0.496 e. The molecule has 1 aliphatic heterocycles. The van der Waals surface area contributed by atoms with Gasteiger partial charge in [0.2, 0.25) is 0 Å². The van der Waals surface area contributed by atoms with Gasteiger partial charge in [0.15, 0.2) is 0 Å². The van der Waals surface area contributed by atoms with Crippen LogP contribution >= 0.6 is 0 Å². The molecule has 1 saturated heterocycles. The van der Waals surface area contributed by atoms with Crippen LogP contribution in [0.3, 0.4) is 0 Å². The third-order valence-electron chi connectivity index (χ3n) is 4.09. The normalized spacial score (nSPS) is 16.1. The van der Waals surface area contributed by atoms with Crippen LogP contribution in [-0.4, -0.2) is 31.6 Å². The first-order valence-corrected chi connectivity index (χ1v) is 7.15. The van der Waals surface area contributed by atoms with E-state index in [-0.39, 0.29) is 0 Å². The number of benzene rings is 2. The Hall–Kier alpha value is -1.54. The smallest absolute Gasteiger partial charge is 0.126 e. The Bertz CT molecular complexity index is 558. The first-order valence-electron chi connectivity index (χ1n) is 7.15. The van der Waals surface area contributed by atoms with Crippen molar-refractivity contribution in [1.29, 1.82) is 0 Å². The van der Waals surface area contributed by atoms with Gasteiger partial charge in [-0.15, -0.1) is 0 Å². The predicted molar refractivity (Wildman–Crippen MR) is 79.9 cm³/mol. The number of ether oxygens (including phenoxy) is 1. The van der Waals surface area contributed by atoms with Crippen molar-refractivity contribution in [2.45, 2.75) is 19.3 Å². The van der Waals surface area contributed by atoms with Crippen LogP contribution in [0.5, 0.6) is 5.75 Å². The number of rotatable bonds is 4. The Morgan fingerprint density at radius 3 is 2.47 bits per heavy atom. The average molecular weight is 255 g/mol. The lowest BCUT2D eigenvalue weighted by Crippen LogP contribution is -2.21. The fourth-order valence-corrected chi connectivity index (χ4v) is 3.01. The second-order valence-corrected chi connectivity index (χ2v) is 5.27. The van der Waals surface area contributed by atoms with E-state index in [0.29, 0.717) is 0 Å². The second kappa shape index (κ2) is 5.62. The summed E-state index contributed by atoms with van der Waals surface area (Å²) in [7, 11) is 1.74. The van der Waals surface area contributed by atoms with Crippen molar-refractivity contribution >= 4 is 10.8 Å². The number of methoxy groups -OCH3 is 1. The zero-order valence-corrected chi connectivity index (χ0v) is 11.6. The lowest BCUT2D eigenvalue weighted by molar-refractivity contribution is 0.344. The highest BCUT2D eigenvalue weighted by molar-refractivity contribution is 5.91. The van der Waals surface area contributed by atoms with Crippen LogP contribution in [0.25, 0.3) is 10.8 Å². The third kappa shape index (κ3) is 2.59. The predicted octanol–water partition coefficient (Wildman–Crippen LogP) is 3.49. The highest BCUT2D eigenvalue weighted by Gasteiger charge is 2.12. The maximum absolute atomic E-state index is 5.45. The van der Waals surface area contributed by atoms with Gasteiger partial charge in [-0.1, -0.05) is 30.3 Å². The standard InChI is InChI=1S/C17H21NO/c1-19-17-9-8-14(10-13-18-11-4-5-12-18)15-6-2-3-7-16(15)17/h2-3,6-9H,4-5,10-13H2,1H3. The van der Waals surface area contributed by atoms with Gasteiger partial charge in [-0.25, -0.2) is 0 Å². The Balaban J connectivity index is 1.86. The Morgan fingerprint density at radius 2 is 1.74 bits per heavy atom. The van der Waals surface area contributed by atoms with Crippen LogP contribution in [0.15, 0.2) is 36.4 Å². The van der Waals surface area contributed by atoms with Crippen LogP contribution in [0.2, 0.25) is 0 Å². The summed E-state index contributed by atoms with van der Waals surface area (Å²) in [5.41, 5.74) is 1.43. The summed E-state index contributed by atoms with van der Waals surface area (Å²) in [5, 5.41) is 2.56. The quantitative estimate of drug-likeness (QED) is 0.829. The van der Waals surface area contributed by atoms with Crippen molar-refractivity contribution in [2.75, 3.05) is 26.7 Å². The molecule has 0 atom stereocenters. The number of nitrogens with zero attached hydrogens (tertiary/aromatic N) is 1. The zero-order chi connectivity index (χ0) is 13.1. The molecular formula is C17H21NO. The van der Waals surface area contributed by atoms with Crippen LogP contribution in [0, 0.1) is 0 Å². The fraction of sp³-hybridized carbons (Fsp3) is 0.412. The monoisotopic (exact) mass is 255 g/mol. The molecule has 1 fully saturated rings. The summed E-state index contributed by atoms with van der Waals surface area (Å²) < 4.78 is 5.45. The van der Waals surface area contributed by atoms with E-state index in [1.165, 1.54) is 48.8 Å². The Labute approximate surface area is 115 Å². The van der Waals surface area contributed by atoms with Gasteiger partial charge >= 0.3 is 0 Å². The Morgan fingerprint density at radius 1 is 1.00 bits per heavy atom. The molecule has 0 N–H and O–H groups in total. The molecule has 0 bridgehead atoms. The van der Waals surface area contributed by atoms with Crippen molar-refractivity contribution in [2.24, 2.45) is 0 Å². The topological polar surface area (TPSA) is 12.5 Å². The fourth-order valence-electron chi connectivity index (χ4n) is 3.01. The lowest BCUT2D eigenvalue weighted by Gasteiger charge is -2.16. The van der Waals surface area contributed by atoms with E-state index >= 15 is 0 Å². The molecule has 2 heteroatoms. The number of fused-ring (bicyclic) bond motifs is 1. The summed E-state index contributed by atoms with van der Waals surface area (Å²) in [4.78, 5) is 2.57. The van der Waals surface area contributed by atoms with E-state index < -0.39 is 0 Å². The van der Waals surface area contributed by atoms with Gasteiger partial charge in [0.05, 0.1) is 7.11 Å². The molecule has 2 aromatic rings. The van der Waals surface area contributed by atoms with E-state index in [4.69, 9.17) is 4.74 Å². The second-order valence-electron chi connectivity index (χ2n) is 5.27. The van der Waals surface area contributed by atoms with E-state index in [1.54, 1.807) is 7.11 Å². The molecule has 2 nitrogen and oxygen atoms in total. The molecule has 0 spiro atoms. The van der Waals surface area contributed by atoms with Gasteiger partial charge < -0.3 is 9.64 Å². The van der Waals surface area contributed by atoms with E-state index in [0.717, 1.165) is 12.2 Å². The van der Waals surface area contributed by atoms with Gasteiger partial charge in [0.25, 0.3) is 0 Å². The summed E-state index contributed by atoms with van der Waals surface area (Å²) in [6.07, 6.45) is 3.86. The van der Waals surface area contributed by atoms with Gasteiger partial charge in [0, 0.05) is 11.9 Å². The number of likely N-dealkylation sites (tertiary alicyclic amines) is 1. The number of hydrogen-bond donors (Lipinski definition) is 0. The van der Waals surface area contributed by atoms with E-state index in [9.17, 15) is 0 Å². The van der Waals surface area contributed by atoms with Crippen LogP contribution in [0.4, 0.5) is 0 Å². The summed E-state index contributed by atoms with van der Waals surface area (Å²) in [5.74, 6) is 0.973. The van der Waals surface area contributed by atoms with Crippen molar-refractivity contribution < 1.29 is 4.74 Å². The first-order chi connectivity index (χ1) is 9.38.